The Labute approximate surface area is 69.0 Å². The monoisotopic (exact) mass is 196 g/mol. The van der Waals surface area contributed by atoms with Crippen molar-refractivity contribution in [2.45, 2.75) is 19.0 Å². The van der Waals surface area contributed by atoms with Gasteiger partial charge in [0.15, 0.2) is 0 Å². The Morgan fingerprint density at radius 2 is 2.17 bits per heavy atom. The maximum Gasteiger partial charge on any atom is 0.418 e. The summed E-state index contributed by atoms with van der Waals surface area (Å²) >= 11 is 0. The lowest BCUT2D eigenvalue weighted by Gasteiger charge is -2.39. The lowest BCUT2D eigenvalue weighted by atomic mass is 10.0. The van der Waals surface area contributed by atoms with E-state index in [1.807, 2.05) is 0 Å². The van der Waals surface area contributed by atoms with Crippen LogP contribution in [0.3, 0.4) is 0 Å². The van der Waals surface area contributed by atoms with E-state index in [1.54, 1.807) is 0 Å². The summed E-state index contributed by atoms with van der Waals surface area (Å²) < 4.78 is 32.4. The first-order chi connectivity index (χ1) is 5.33. The maximum absolute atomic E-state index is 10.8. The second kappa shape index (κ2) is 2.66. The van der Waals surface area contributed by atoms with E-state index in [1.165, 1.54) is 6.92 Å². The predicted octanol–water partition coefficient (Wildman–Crippen LogP) is -1.72. The first-order valence-electron chi connectivity index (χ1n) is 3.08. The first kappa shape index (κ1) is 9.39. The van der Waals surface area contributed by atoms with Crippen molar-refractivity contribution in [1.82, 2.24) is 5.06 Å². The summed E-state index contributed by atoms with van der Waals surface area (Å²) in [5.74, 6) is -0.667. The van der Waals surface area contributed by atoms with Crippen molar-refractivity contribution >= 4 is 16.3 Å². The Balaban J connectivity index is 2.63. The minimum Gasteiger partial charge on any atom is -0.318 e. The molecule has 1 aliphatic rings. The number of nitrogens with zero attached hydrogens (tertiary/aromatic N) is 1. The fourth-order valence-electron chi connectivity index (χ4n) is 0.824. The summed E-state index contributed by atoms with van der Waals surface area (Å²) in [5, 5.41) is 0.514. The lowest BCUT2D eigenvalue weighted by Crippen LogP contribution is -2.67. The van der Waals surface area contributed by atoms with Crippen molar-refractivity contribution in [3.8, 4) is 0 Å². The molecule has 1 heterocycles. The molecule has 70 valence electrons. The van der Waals surface area contributed by atoms with Crippen LogP contribution < -0.4 is 5.73 Å². The van der Waals surface area contributed by atoms with E-state index >= 15 is 0 Å². The van der Waals surface area contributed by atoms with Gasteiger partial charge in [-0.25, -0.2) is 0 Å². The molecule has 1 aliphatic heterocycles. The average Bonchev–Trinajstić information content (AvgIpc) is 1.96. The van der Waals surface area contributed by atoms with Crippen molar-refractivity contribution in [3.05, 3.63) is 0 Å². The Kier molecular flexibility index (Phi) is 2.08. The molecule has 0 spiro atoms. The lowest BCUT2D eigenvalue weighted by molar-refractivity contribution is -0.192. The van der Waals surface area contributed by atoms with E-state index in [9.17, 15) is 13.2 Å². The number of hydroxylamine groups is 2. The number of carbonyl (C=O) groups is 1. The quantitative estimate of drug-likeness (QED) is 0.401. The molecule has 1 saturated heterocycles. The van der Waals surface area contributed by atoms with Gasteiger partial charge in [-0.3, -0.25) is 9.35 Å². The van der Waals surface area contributed by atoms with E-state index in [0.717, 1.165) is 0 Å². The zero-order chi connectivity index (χ0) is 9.52. The highest BCUT2D eigenvalue weighted by Gasteiger charge is 2.45. The second-order valence-electron chi connectivity index (χ2n) is 2.43. The number of rotatable bonds is 2. The van der Waals surface area contributed by atoms with Gasteiger partial charge in [0.05, 0.1) is 6.04 Å². The minimum atomic E-state index is -4.62. The Bertz CT molecular complexity index is 299. The topological polar surface area (TPSA) is 110 Å². The van der Waals surface area contributed by atoms with E-state index in [-0.39, 0.29) is 0 Å². The first-order valence-corrected chi connectivity index (χ1v) is 4.45. The molecule has 3 N–H and O–H groups in total. The normalized spacial score (nSPS) is 30.2. The third-order valence-electron chi connectivity index (χ3n) is 1.57. The van der Waals surface area contributed by atoms with E-state index < -0.39 is 28.4 Å². The molecule has 0 aromatic carbocycles. The summed E-state index contributed by atoms with van der Waals surface area (Å²) in [6.07, 6.45) is 0. The Hall–Kier alpha value is -0.700. The Morgan fingerprint density at radius 1 is 1.67 bits per heavy atom. The van der Waals surface area contributed by atoms with Gasteiger partial charge in [0.1, 0.15) is 6.04 Å². The van der Waals surface area contributed by atoms with Crippen LogP contribution in [0.1, 0.15) is 6.92 Å². The maximum atomic E-state index is 10.8. The van der Waals surface area contributed by atoms with Gasteiger partial charge in [-0.1, -0.05) is 0 Å². The van der Waals surface area contributed by atoms with Crippen LogP contribution in [-0.2, 0) is 19.5 Å². The Morgan fingerprint density at radius 3 is 2.50 bits per heavy atom. The summed E-state index contributed by atoms with van der Waals surface area (Å²) in [5.41, 5.74) is 5.23. The molecule has 7 nitrogen and oxygen atoms in total. The smallest absolute Gasteiger partial charge is 0.318 e. The van der Waals surface area contributed by atoms with Crippen LogP contribution in [0.25, 0.3) is 0 Å². The van der Waals surface area contributed by atoms with Gasteiger partial charge in [-0.2, -0.15) is 13.5 Å². The molecule has 0 aromatic rings. The van der Waals surface area contributed by atoms with Crippen LogP contribution in [0, 0.1) is 0 Å². The molecule has 12 heavy (non-hydrogen) atoms. The molecular weight excluding hydrogens is 188 g/mol. The van der Waals surface area contributed by atoms with E-state index in [0.29, 0.717) is 5.06 Å². The number of hydrogen-bond donors (Lipinski definition) is 2. The summed E-state index contributed by atoms with van der Waals surface area (Å²) in [6.45, 7) is 1.50. The van der Waals surface area contributed by atoms with Crippen LogP contribution in [0.5, 0.6) is 0 Å². The standard InChI is InChI=1S/C4H8N2O5S/c1-2-3(5)4(7)6(2)11-12(8,9)10/h2-3H,5H2,1H3,(H,8,9,10). The van der Waals surface area contributed by atoms with Gasteiger partial charge in [-0.15, -0.1) is 4.28 Å². The van der Waals surface area contributed by atoms with Crippen molar-refractivity contribution in [1.29, 1.82) is 0 Å². The van der Waals surface area contributed by atoms with Gasteiger partial charge in [-0.05, 0) is 6.92 Å². The van der Waals surface area contributed by atoms with Crippen LogP contribution in [0.4, 0.5) is 0 Å². The van der Waals surface area contributed by atoms with E-state index in [2.05, 4.69) is 4.28 Å². The van der Waals surface area contributed by atoms with Crippen LogP contribution in [0.2, 0.25) is 0 Å². The molecule has 1 fully saturated rings. The van der Waals surface area contributed by atoms with Crippen LogP contribution in [-0.4, -0.2) is 36.0 Å². The van der Waals surface area contributed by atoms with Gasteiger partial charge >= 0.3 is 10.4 Å². The molecule has 0 aromatic heterocycles. The molecule has 1 amide bonds. The zero-order valence-electron chi connectivity index (χ0n) is 6.17. The molecular formula is C4H8N2O5S. The number of nitrogens with two attached hydrogens (primary N) is 1. The average molecular weight is 196 g/mol. The van der Waals surface area contributed by atoms with Crippen molar-refractivity contribution in [3.63, 3.8) is 0 Å². The largest absolute Gasteiger partial charge is 0.418 e. The summed E-state index contributed by atoms with van der Waals surface area (Å²) in [6, 6.07) is -1.30. The fourth-order valence-corrected chi connectivity index (χ4v) is 1.24. The third kappa shape index (κ3) is 1.55. The molecule has 2 unspecified atom stereocenters. The molecule has 8 heteroatoms. The molecule has 1 rings (SSSR count). The van der Waals surface area contributed by atoms with Crippen LogP contribution in [0.15, 0.2) is 0 Å². The molecule has 0 radical (unpaired) electrons. The highest BCUT2D eigenvalue weighted by Crippen LogP contribution is 2.18. The number of amides is 1. The highest BCUT2D eigenvalue weighted by molar-refractivity contribution is 7.80. The fraction of sp³-hybridized carbons (Fsp3) is 0.750. The SMILES string of the molecule is CC1C(N)C(=O)N1OS(=O)(=O)O. The minimum absolute atomic E-state index is 0.514. The van der Waals surface area contributed by atoms with Crippen molar-refractivity contribution in [2.24, 2.45) is 5.73 Å². The van der Waals surface area contributed by atoms with Gasteiger partial charge in [0.25, 0.3) is 5.91 Å². The van der Waals surface area contributed by atoms with Gasteiger partial charge in [0.2, 0.25) is 0 Å². The number of hydrogen-bond acceptors (Lipinski definition) is 5. The third-order valence-corrected chi connectivity index (χ3v) is 1.92. The van der Waals surface area contributed by atoms with Crippen LogP contribution >= 0.6 is 0 Å². The van der Waals surface area contributed by atoms with E-state index in [4.69, 9.17) is 10.3 Å². The summed E-state index contributed by atoms with van der Waals surface area (Å²) in [7, 11) is -4.62. The van der Waals surface area contributed by atoms with Gasteiger partial charge < -0.3 is 5.73 Å². The number of carbonyl (C=O) groups excluding carboxylic acids is 1. The van der Waals surface area contributed by atoms with Crippen molar-refractivity contribution < 1.29 is 22.0 Å². The zero-order valence-corrected chi connectivity index (χ0v) is 6.98. The number of β-lactam (4-membered cyclic amide) rings is 1. The molecule has 2 atom stereocenters. The van der Waals surface area contributed by atoms with Crippen molar-refractivity contribution in [2.75, 3.05) is 0 Å². The predicted molar refractivity (Wildman–Crippen MR) is 36.9 cm³/mol. The highest BCUT2D eigenvalue weighted by atomic mass is 32.3. The second-order valence-corrected chi connectivity index (χ2v) is 3.44. The van der Waals surface area contributed by atoms with Gasteiger partial charge in [0, 0.05) is 0 Å². The molecule has 0 saturated carbocycles. The molecule has 0 bridgehead atoms. The summed E-state index contributed by atoms with van der Waals surface area (Å²) in [4.78, 5) is 10.8. The molecule has 0 aliphatic carbocycles.